The van der Waals surface area contributed by atoms with Crippen LogP contribution in [-0.4, -0.2) is 37.6 Å². The highest BCUT2D eigenvalue weighted by Crippen LogP contribution is 2.18. The minimum absolute atomic E-state index is 0. The molecule has 0 radical (unpaired) electrons. The molecule has 7 heteroatoms. The molecule has 0 bridgehead atoms. The largest absolute Gasteiger partial charge is 0.484 e. The summed E-state index contributed by atoms with van der Waals surface area (Å²) in [5, 5.41) is 9.53. The Kier molecular flexibility index (Phi) is 11.2. The zero-order valence-electron chi connectivity index (χ0n) is 16.6. The molecule has 0 unspecified atom stereocenters. The molecule has 1 fully saturated rings. The first-order valence-electron chi connectivity index (χ1n) is 9.60. The Morgan fingerprint density at radius 3 is 2.74 bits per heavy atom. The van der Waals surface area contributed by atoms with Crippen molar-refractivity contribution in [3.63, 3.8) is 0 Å². The number of nitrogens with one attached hydrogen (secondary N) is 3. The molecule has 0 spiro atoms. The van der Waals surface area contributed by atoms with Gasteiger partial charge in [0.15, 0.2) is 12.6 Å². The van der Waals surface area contributed by atoms with Crippen LogP contribution in [0.2, 0.25) is 0 Å². The molecule has 1 aliphatic carbocycles. The first-order chi connectivity index (χ1) is 12.6. The molecule has 2 rings (SSSR count). The zero-order valence-corrected chi connectivity index (χ0v) is 18.9. The predicted octanol–water partition coefficient (Wildman–Crippen LogP) is 3.06. The molecule has 0 saturated heterocycles. The summed E-state index contributed by atoms with van der Waals surface area (Å²) in [4.78, 5) is 16.3. The van der Waals surface area contributed by atoms with E-state index in [1.807, 2.05) is 24.3 Å². The first kappa shape index (κ1) is 23.5. The summed E-state index contributed by atoms with van der Waals surface area (Å²) in [7, 11) is 0. The van der Waals surface area contributed by atoms with E-state index in [1.54, 1.807) is 0 Å². The van der Waals surface area contributed by atoms with Gasteiger partial charge in [-0.25, -0.2) is 4.99 Å². The number of hydrogen-bond acceptors (Lipinski definition) is 3. The van der Waals surface area contributed by atoms with Crippen LogP contribution in [0.25, 0.3) is 0 Å². The maximum absolute atomic E-state index is 11.7. The smallest absolute Gasteiger partial charge is 0.258 e. The van der Waals surface area contributed by atoms with E-state index in [0.29, 0.717) is 24.3 Å². The Hall–Kier alpha value is -1.51. The summed E-state index contributed by atoms with van der Waals surface area (Å²) in [5.41, 5.74) is 1.05. The highest BCUT2D eigenvalue weighted by Gasteiger charge is 2.23. The van der Waals surface area contributed by atoms with Crippen LogP contribution in [0.1, 0.15) is 45.6 Å². The van der Waals surface area contributed by atoms with Crippen molar-refractivity contribution < 1.29 is 9.53 Å². The van der Waals surface area contributed by atoms with Crippen molar-refractivity contribution in [2.24, 2.45) is 10.9 Å². The first-order valence-corrected chi connectivity index (χ1v) is 9.60. The molecular formula is C20H33IN4O2. The van der Waals surface area contributed by atoms with Crippen LogP contribution in [0.3, 0.4) is 0 Å². The van der Waals surface area contributed by atoms with Crippen molar-refractivity contribution in [1.29, 1.82) is 0 Å². The number of hydrogen-bond donors (Lipinski definition) is 3. The van der Waals surface area contributed by atoms with Gasteiger partial charge in [-0.15, -0.1) is 24.0 Å². The van der Waals surface area contributed by atoms with Crippen molar-refractivity contribution in [3.8, 4) is 5.75 Å². The van der Waals surface area contributed by atoms with E-state index in [1.165, 1.54) is 0 Å². The fraction of sp³-hybridized carbons (Fsp3) is 0.600. The molecule has 152 valence electrons. The molecule has 1 saturated carbocycles. The van der Waals surface area contributed by atoms with Gasteiger partial charge in [-0.05, 0) is 49.8 Å². The molecule has 3 N–H and O–H groups in total. The highest BCUT2D eigenvalue weighted by atomic mass is 127. The summed E-state index contributed by atoms with van der Waals surface area (Å²) >= 11 is 0. The fourth-order valence-corrected chi connectivity index (χ4v) is 2.37. The predicted molar refractivity (Wildman–Crippen MR) is 121 cm³/mol. The molecule has 0 aromatic heterocycles. The van der Waals surface area contributed by atoms with E-state index in [9.17, 15) is 4.79 Å². The molecule has 0 aliphatic heterocycles. The molecule has 27 heavy (non-hydrogen) atoms. The van der Waals surface area contributed by atoms with Crippen molar-refractivity contribution in [2.75, 3.05) is 19.7 Å². The normalized spacial score (nSPS) is 13.7. The monoisotopic (exact) mass is 488 g/mol. The number of carbonyl (C=O) groups is 1. The van der Waals surface area contributed by atoms with Crippen LogP contribution in [0.4, 0.5) is 0 Å². The Balaban J connectivity index is 0.00000364. The third-order valence-electron chi connectivity index (χ3n) is 3.99. The quantitative estimate of drug-likeness (QED) is 0.269. The number of amides is 1. The van der Waals surface area contributed by atoms with Gasteiger partial charge >= 0.3 is 0 Å². The lowest BCUT2D eigenvalue weighted by Gasteiger charge is -2.12. The number of aliphatic imine (C=N–C) groups is 1. The minimum Gasteiger partial charge on any atom is -0.484 e. The summed E-state index contributed by atoms with van der Waals surface area (Å²) in [6, 6.07) is 8.10. The SMILES string of the molecule is CCNC(=NCc1cccc(OCC(=O)NC2CC2)c1)NCCC(C)C.I. The summed E-state index contributed by atoms with van der Waals surface area (Å²) < 4.78 is 5.59. The summed E-state index contributed by atoms with van der Waals surface area (Å²) in [6.45, 7) is 8.83. The van der Waals surface area contributed by atoms with Crippen molar-refractivity contribution >= 4 is 35.8 Å². The summed E-state index contributed by atoms with van der Waals surface area (Å²) in [6.07, 6.45) is 3.27. The van der Waals surface area contributed by atoms with Gasteiger partial charge in [-0.1, -0.05) is 26.0 Å². The molecule has 1 aliphatic rings. The van der Waals surface area contributed by atoms with Gasteiger partial charge in [0.2, 0.25) is 0 Å². The Morgan fingerprint density at radius 2 is 2.07 bits per heavy atom. The van der Waals surface area contributed by atoms with Crippen molar-refractivity contribution in [1.82, 2.24) is 16.0 Å². The average Bonchev–Trinajstić information content (AvgIpc) is 3.42. The van der Waals surface area contributed by atoms with Gasteiger partial charge < -0.3 is 20.7 Å². The zero-order chi connectivity index (χ0) is 18.8. The van der Waals surface area contributed by atoms with Gasteiger partial charge in [0, 0.05) is 19.1 Å². The van der Waals surface area contributed by atoms with E-state index in [4.69, 9.17) is 4.74 Å². The molecular weight excluding hydrogens is 455 g/mol. The number of ether oxygens (including phenoxy) is 1. The molecule has 1 aromatic rings. The van der Waals surface area contributed by atoms with E-state index >= 15 is 0 Å². The van der Waals surface area contributed by atoms with Gasteiger partial charge in [0.1, 0.15) is 5.75 Å². The van der Waals surface area contributed by atoms with Gasteiger partial charge in [0.25, 0.3) is 5.91 Å². The third kappa shape index (κ3) is 10.4. The second kappa shape index (κ2) is 12.8. The molecule has 0 heterocycles. The lowest BCUT2D eigenvalue weighted by Crippen LogP contribution is -2.38. The van der Waals surface area contributed by atoms with E-state index in [0.717, 1.165) is 43.9 Å². The van der Waals surface area contributed by atoms with Crippen LogP contribution >= 0.6 is 24.0 Å². The molecule has 1 amide bonds. The third-order valence-corrected chi connectivity index (χ3v) is 3.99. The van der Waals surface area contributed by atoms with Gasteiger partial charge in [-0.2, -0.15) is 0 Å². The molecule has 0 atom stereocenters. The van der Waals surface area contributed by atoms with Crippen LogP contribution in [0.15, 0.2) is 29.3 Å². The maximum Gasteiger partial charge on any atom is 0.258 e. The average molecular weight is 488 g/mol. The van der Waals surface area contributed by atoms with Crippen LogP contribution in [0.5, 0.6) is 5.75 Å². The second-order valence-corrected chi connectivity index (χ2v) is 7.08. The maximum atomic E-state index is 11.7. The number of halogens is 1. The van der Waals surface area contributed by atoms with Crippen molar-refractivity contribution in [3.05, 3.63) is 29.8 Å². The number of nitrogens with zero attached hydrogens (tertiary/aromatic N) is 1. The number of rotatable bonds is 10. The Bertz CT molecular complexity index is 603. The van der Waals surface area contributed by atoms with Gasteiger partial charge in [0.05, 0.1) is 6.54 Å². The summed E-state index contributed by atoms with van der Waals surface area (Å²) in [5.74, 6) is 2.13. The minimum atomic E-state index is -0.0558. The Morgan fingerprint density at radius 1 is 1.30 bits per heavy atom. The highest BCUT2D eigenvalue weighted by molar-refractivity contribution is 14.0. The lowest BCUT2D eigenvalue weighted by atomic mass is 10.1. The van der Waals surface area contributed by atoms with Crippen molar-refractivity contribution in [2.45, 2.75) is 52.6 Å². The van der Waals surface area contributed by atoms with Gasteiger partial charge in [-0.3, -0.25) is 4.79 Å². The van der Waals surface area contributed by atoms with E-state index < -0.39 is 0 Å². The van der Waals surface area contributed by atoms with Crippen LogP contribution in [0, 0.1) is 5.92 Å². The number of benzene rings is 1. The standard InChI is InChI=1S/C20H32N4O2.HI/c1-4-21-20(22-11-10-15(2)3)23-13-16-6-5-7-18(12-16)26-14-19(25)24-17-8-9-17;/h5-7,12,15,17H,4,8-11,13-14H2,1-3H3,(H,24,25)(H2,21,22,23);1H. The Labute approximate surface area is 179 Å². The fourth-order valence-electron chi connectivity index (χ4n) is 2.37. The van der Waals surface area contributed by atoms with E-state index in [-0.39, 0.29) is 36.5 Å². The number of carbonyl (C=O) groups excluding carboxylic acids is 1. The van der Waals surface area contributed by atoms with E-state index in [2.05, 4.69) is 41.7 Å². The van der Waals surface area contributed by atoms with Crippen LogP contribution in [-0.2, 0) is 11.3 Å². The molecule has 1 aromatic carbocycles. The van der Waals surface area contributed by atoms with Crippen LogP contribution < -0.4 is 20.7 Å². The topological polar surface area (TPSA) is 74.8 Å². The lowest BCUT2D eigenvalue weighted by molar-refractivity contribution is -0.123. The molecule has 6 nitrogen and oxygen atoms in total. The second-order valence-electron chi connectivity index (χ2n) is 7.08. The number of guanidine groups is 1.